The lowest BCUT2D eigenvalue weighted by Gasteiger charge is -2.30. The predicted octanol–water partition coefficient (Wildman–Crippen LogP) is 5.11. The maximum atomic E-state index is 4.16. The van der Waals surface area contributed by atoms with Crippen molar-refractivity contribution in [1.29, 1.82) is 0 Å². The molecule has 0 bridgehead atoms. The third-order valence-electron chi connectivity index (χ3n) is 5.28. The maximum absolute atomic E-state index is 4.16. The first-order chi connectivity index (χ1) is 12.4. The van der Waals surface area contributed by atoms with E-state index in [0.29, 0.717) is 5.92 Å². The van der Waals surface area contributed by atoms with E-state index in [0.717, 1.165) is 38.8 Å². The quantitative estimate of drug-likeness (QED) is 0.692. The van der Waals surface area contributed by atoms with Crippen LogP contribution in [0.5, 0.6) is 0 Å². The Labute approximate surface area is 162 Å². The summed E-state index contributed by atoms with van der Waals surface area (Å²) in [6, 6.07) is 0. The standard InChI is InChI=1S/C22H25N3.ClH/c1-2-6-19(7-3-1)20-9-11-25(12-10-20)16-18-5-4-8-21(13-18)22-14-23-17-24-15-22;/h1-2,7-11,14-15,17-18H,3-6,12-13,16H2;1H. The molecule has 0 radical (unpaired) electrons. The first-order valence-corrected chi connectivity index (χ1v) is 9.30. The molecule has 0 fully saturated rings. The Kier molecular flexibility index (Phi) is 6.45. The van der Waals surface area contributed by atoms with Gasteiger partial charge in [0.2, 0.25) is 0 Å². The van der Waals surface area contributed by atoms with Crippen molar-refractivity contribution in [1.82, 2.24) is 14.9 Å². The Morgan fingerprint density at radius 1 is 1.04 bits per heavy atom. The number of allylic oxidation sites excluding steroid dienone is 8. The van der Waals surface area contributed by atoms with E-state index in [2.05, 4.69) is 57.5 Å². The van der Waals surface area contributed by atoms with Gasteiger partial charge < -0.3 is 4.90 Å². The normalized spacial score (nSPS) is 22.2. The largest absolute Gasteiger partial charge is 0.373 e. The molecule has 1 aromatic rings. The van der Waals surface area contributed by atoms with Gasteiger partial charge in [0.25, 0.3) is 0 Å². The molecule has 4 rings (SSSR count). The van der Waals surface area contributed by atoms with Gasteiger partial charge in [0, 0.05) is 31.0 Å². The predicted molar refractivity (Wildman–Crippen MR) is 110 cm³/mol. The van der Waals surface area contributed by atoms with Gasteiger partial charge in [0.1, 0.15) is 6.33 Å². The highest BCUT2D eigenvalue weighted by Gasteiger charge is 2.19. The first-order valence-electron chi connectivity index (χ1n) is 9.30. The van der Waals surface area contributed by atoms with Crippen LogP contribution in [0.2, 0.25) is 0 Å². The minimum Gasteiger partial charge on any atom is -0.373 e. The van der Waals surface area contributed by atoms with Gasteiger partial charge in [-0.05, 0) is 67.0 Å². The van der Waals surface area contributed by atoms with E-state index in [1.807, 2.05) is 12.4 Å². The fourth-order valence-electron chi connectivity index (χ4n) is 3.92. The zero-order valence-electron chi connectivity index (χ0n) is 15.1. The van der Waals surface area contributed by atoms with Crippen molar-refractivity contribution in [3.63, 3.8) is 0 Å². The lowest BCUT2D eigenvalue weighted by molar-refractivity contribution is 0.315. The topological polar surface area (TPSA) is 29.0 Å². The Morgan fingerprint density at radius 3 is 2.65 bits per heavy atom. The minimum atomic E-state index is 0. The van der Waals surface area contributed by atoms with E-state index in [-0.39, 0.29) is 12.4 Å². The van der Waals surface area contributed by atoms with Gasteiger partial charge in [0.05, 0.1) is 0 Å². The number of hydrogen-bond acceptors (Lipinski definition) is 3. The van der Waals surface area contributed by atoms with Crippen molar-refractivity contribution in [3.8, 4) is 0 Å². The Morgan fingerprint density at radius 2 is 1.92 bits per heavy atom. The first kappa shape index (κ1) is 18.7. The number of nitrogens with zero attached hydrogens (tertiary/aromatic N) is 3. The van der Waals surface area contributed by atoms with E-state index in [9.17, 15) is 0 Å². The van der Waals surface area contributed by atoms with Crippen molar-refractivity contribution >= 4 is 18.0 Å². The second-order valence-electron chi connectivity index (χ2n) is 7.07. The molecule has 1 unspecified atom stereocenters. The molecule has 2 heterocycles. The number of rotatable bonds is 4. The molecule has 0 saturated carbocycles. The Hall–Kier alpha value is -2.13. The van der Waals surface area contributed by atoms with Crippen molar-refractivity contribution in [2.75, 3.05) is 13.1 Å². The molecule has 1 aromatic heterocycles. The monoisotopic (exact) mass is 367 g/mol. The summed E-state index contributed by atoms with van der Waals surface area (Å²) >= 11 is 0. The van der Waals surface area contributed by atoms with Gasteiger partial charge in [-0.15, -0.1) is 12.4 Å². The third-order valence-corrected chi connectivity index (χ3v) is 5.28. The van der Waals surface area contributed by atoms with Crippen LogP contribution in [0, 0.1) is 5.92 Å². The molecule has 2 aliphatic carbocycles. The smallest absolute Gasteiger partial charge is 0.115 e. The molecule has 1 atom stereocenters. The van der Waals surface area contributed by atoms with Crippen LogP contribution in [0.3, 0.4) is 0 Å². The summed E-state index contributed by atoms with van der Waals surface area (Å²) in [4.78, 5) is 10.8. The van der Waals surface area contributed by atoms with Crippen molar-refractivity contribution in [2.24, 2.45) is 5.92 Å². The van der Waals surface area contributed by atoms with E-state index >= 15 is 0 Å². The van der Waals surface area contributed by atoms with Crippen LogP contribution >= 0.6 is 12.4 Å². The molecular weight excluding hydrogens is 342 g/mol. The highest BCUT2D eigenvalue weighted by atomic mass is 35.5. The highest BCUT2D eigenvalue weighted by molar-refractivity contribution is 5.85. The Bertz CT molecular complexity index is 759. The molecule has 0 N–H and O–H groups in total. The van der Waals surface area contributed by atoms with Gasteiger partial charge >= 0.3 is 0 Å². The highest BCUT2D eigenvalue weighted by Crippen LogP contribution is 2.31. The molecule has 4 heteroatoms. The molecular formula is C22H26ClN3. The zero-order chi connectivity index (χ0) is 16.9. The van der Waals surface area contributed by atoms with E-state index in [1.54, 1.807) is 6.33 Å². The molecule has 0 saturated heterocycles. The molecule has 0 aromatic carbocycles. The lowest BCUT2D eigenvalue weighted by Crippen LogP contribution is -2.28. The molecule has 3 aliphatic rings. The van der Waals surface area contributed by atoms with Crippen molar-refractivity contribution < 1.29 is 0 Å². The van der Waals surface area contributed by atoms with E-state index in [4.69, 9.17) is 0 Å². The van der Waals surface area contributed by atoms with Crippen LogP contribution in [-0.4, -0.2) is 28.0 Å². The summed E-state index contributed by atoms with van der Waals surface area (Å²) in [5.41, 5.74) is 5.48. The van der Waals surface area contributed by atoms with Gasteiger partial charge in [-0.3, -0.25) is 0 Å². The van der Waals surface area contributed by atoms with Gasteiger partial charge in [-0.25, -0.2) is 9.97 Å². The molecule has 136 valence electrons. The molecule has 0 spiro atoms. The summed E-state index contributed by atoms with van der Waals surface area (Å²) < 4.78 is 0. The summed E-state index contributed by atoms with van der Waals surface area (Å²) in [7, 11) is 0. The second kappa shape index (κ2) is 9.00. The third kappa shape index (κ3) is 4.53. The minimum absolute atomic E-state index is 0. The van der Waals surface area contributed by atoms with Gasteiger partial charge in [-0.1, -0.05) is 30.4 Å². The van der Waals surface area contributed by atoms with Crippen LogP contribution in [0.25, 0.3) is 5.57 Å². The summed E-state index contributed by atoms with van der Waals surface area (Å²) in [6.45, 7) is 2.15. The zero-order valence-corrected chi connectivity index (χ0v) is 15.9. The van der Waals surface area contributed by atoms with Crippen molar-refractivity contribution in [3.05, 3.63) is 78.1 Å². The maximum Gasteiger partial charge on any atom is 0.115 e. The molecule has 0 amide bonds. The molecule has 26 heavy (non-hydrogen) atoms. The van der Waals surface area contributed by atoms with Gasteiger partial charge in [-0.2, -0.15) is 0 Å². The number of hydrogen-bond donors (Lipinski definition) is 0. The van der Waals surface area contributed by atoms with E-state index < -0.39 is 0 Å². The molecule has 3 nitrogen and oxygen atoms in total. The number of halogens is 1. The van der Waals surface area contributed by atoms with Crippen LogP contribution in [0.4, 0.5) is 0 Å². The number of aromatic nitrogens is 2. The SMILES string of the molecule is C1=CCC(C2=CCN(CC3CCC=C(c4cncnc4)C3)C=C2)=CC1.Cl. The summed E-state index contributed by atoms with van der Waals surface area (Å²) in [5, 5.41) is 0. The van der Waals surface area contributed by atoms with Crippen LogP contribution in [0.15, 0.2) is 72.5 Å². The average Bonchev–Trinajstić information content (AvgIpc) is 2.70. The van der Waals surface area contributed by atoms with Crippen LogP contribution in [0.1, 0.15) is 37.7 Å². The van der Waals surface area contributed by atoms with Crippen LogP contribution in [-0.2, 0) is 0 Å². The summed E-state index contributed by atoms with van der Waals surface area (Å²) in [5.74, 6) is 0.705. The van der Waals surface area contributed by atoms with E-state index in [1.165, 1.54) is 28.7 Å². The van der Waals surface area contributed by atoms with Crippen molar-refractivity contribution in [2.45, 2.75) is 32.1 Å². The van der Waals surface area contributed by atoms with Gasteiger partial charge in [0.15, 0.2) is 0 Å². The fourth-order valence-corrected chi connectivity index (χ4v) is 3.92. The summed E-state index contributed by atoms with van der Waals surface area (Å²) in [6.07, 6.45) is 27.4. The lowest BCUT2D eigenvalue weighted by atomic mass is 9.86. The second-order valence-corrected chi connectivity index (χ2v) is 7.07. The average molecular weight is 368 g/mol. The Balaban J connectivity index is 0.00000196. The van der Waals surface area contributed by atoms with Crippen LogP contribution < -0.4 is 0 Å². The molecule has 1 aliphatic heterocycles. The fraction of sp³-hybridized carbons (Fsp3) is 0.364.